The number of amides is 1. The first-order valence-electron chi connectivity index (χ1n) is 8.04. The number of piperidine rings is 1. The van der Waals surface area contributed by atoms with Gasteiger partial charge in [0.25, 0.3) is 0 Å². The lowest BCUT2D eigenvalue weighted by Crippen LogP contribution is -2.53. The standard InChI is InChI=1S/C17H24N4O2S/c1-12-6-8-21(14-5-7-19-9-15(14)24-11-18)10-13(12)20-16(22)23-17(2,3)4/h5,7,9,12-13H,6,8,10H2,1-4H3,(H,20,22). The van der Waals surface area contributed by atoms with Crippen LogP contribution in [0, 0.1) is 16.6 Å². The van der Waals surface area contributed by atoms with Crippen molar-refractivity contribution in [3.63, 3.8) is 0 Å². The maximum absolute atomic E-state index is 12.1. The van der Waals surface area contributed by atoms with Gasteiger partial charge >= 0.3 is 6.09 Å². The molecule has 2 rings (SSSR count). The van der Waals surface area contributed by atoms with Gasteiger partial charge in [0.15, 0.2) is 0 Å². The quantitative estimate of drug-likeness (QED) is 0.666. The summed E-state index contributed by atoms with van der Waals surface area (Å²) in [5.74, 6) is 0.364. The van der Waals surface area contributed by atoms with E-state index in [-0.39, 0.29) is 12.1 Å². The summed E-state index contributed by atoms with van der Waals surface area (Å²) >= 11 is 1.11. The molecule has 24 heavy (non-hydrogen) atoms. The maximum Gasteiger partial charge on any atom is 0.407 e. The van der Waals surface area contributed by atoms with Crippen LogP contribution in [0.1, 0.15) is 34.1 Å². The molecule has 1 fully saturated rings. The molecule has 0 aliphatic carbocycles. The molecule has 1 aromatic heterocycles. The zero-order valence-electron chi connectivity index (χ0n) is 14.6. The third kappa shape index (κ3) is 5.03. The number of ether oxygens (including phenoxy) is 1. The van der Waals surface area contributed by atoms with Crippen molar-refractivity contribution >= 4 is 23.5 Å². The van der Waals surface area contributed by atoms with Crippen molar-refractivity contribution in [1.29, 1.82) is 5.26 Å². The number of pyridine rings is 1. The number of hydrogen-bond acceptors (Lipinski definition) is 6. The Morgan fingerprint density at radius 3 is 2.96 bits per heavy atom. The number of aromatic nitrogens is 1. The molecule has 1 aliphatic rings. The van der Waals surface area contributed by atoms with Crippen LogP contribution in [0.15, 0.2) is 23.4 Å². The number of nitrogens with one attached hydrogen (secondary N) is 1. The van der Waals surface area contributed by atoms with Gasteiger partial charge in [0.1, 0.15) is 11.0 Å². The molecule has 0 saturated carbocycles. The predicted molar refractivity (Wildman–Crippen MR) is 94.9 cm³/mol. The second-order valence-corrected chi connectivity index (χ2v) is 7.83. The highest BCUT2D eigenvalue weighted by atomic mass is 32.2. The molecule has 1 aromatic rings. The van der Waals surface area contributed by atoms with Gasteiger partial charge in [0.05, 0.1) is 16.6 Å². The molecule has 0 bridgehead atoms. The monoisotopic (exact) mass is 348 g/mol. The van der Waals surface area contributed by atoms with Crippen LogP contribution >= 0.6 is 11.8 Å². The Morgan fingerprint density at radius 2 is 2.29 bits per heavy atom. The number of carbonyl (C=O) groups excluding carboxylic acids is 1. The third-order valence-electron chi connectivity index (χ3n) is 3.92. The fourth-order valence-corrected chi connectivity index (χ4v) is 3.21. The highest BCUT2D eigenvalue weighted by Crippen LogP contribution is 2.31. The van der Waals surface area contributed by atoms with Gasteiger partial charge in [-0.3, -0.25) is 4.98 Å². The van der Waals surface area contributed by atoms with E-state index in [1.807, 2.05) is 26.8 Å². The first-order valence-corrected chi connectivity index (χ1v) is 8.86. The van der Waals surface area contributed by atoms with Gasteiger partial charge in [0, 0.05) is 25.5 Å². The molecule has 7 heteroatoms. The Morgan fingerprint density at radius 1 is 1.54 bits per heavy atom. The van der Waals surface area contributed by atoms with Crippen LogP contribution in [-0.2, 0) is 4.74 Å². The lowest BCUT2D eigenvalue weighted by atomic mass is 9.93. The van der Waals surface area contributed by atoms with Gasteiger partial charge in [-0.2, -0.15) is 5.26 Å². The van der Waals surface area contributed by atoms with Crippen LogP contribution in [0.3, 0.4) is 0 Å². The van der Waals surface area contributed by atoms with E-state index in [0.29, 0.717) is 12.5 Å². The molecule has 2 heterocycles. The van der Waals surface area contributed by atoms with Gasteiger partial charge in [-0.05, 0) is 50.9 Å². The van der Waals surface area contributed by atoms with E-state index in [9.17, 15) is 4.79 Å². The maximum atomic E-state index is 12.1. The summed E-state index contributed by atoms with van der Waals surface area (Å²) in [5, 5.41) is 14.0. The van der Waals surface area contributed by atoms with Crippen molar-refractivity contribution in [3.05, 3.63) is 18.5 Å². The minimum absolute atomic E-state index is 0.00158. The number of anilines is 1. The molecule has 1 N–H and O–H groups in total. The molecule has 1 amide bonds. The summed E-state index contributed by atoms with van der Waals surface area (Å²) in [6.07, 6.45) is 4.00. The summed E-state index contributed by atoms with van der Waals surface area (Å²) in [5.41, 5.74) is 0.475. The summed E-state index contributed by atoms with van der Waals surface area (Å²) in [4.78, 5) is 19.2. The number of thioether (sulfide) groups is 1. The van der Waals surface area contributed by atoms with Crippen molar-refractivity contribution in [2.24, 2.45) is 5.92 Å². The van der Waals surface area contributed by atoms with Gasteiger partial charge in [-0.25, -0.2) is 4.79 Å². The van der Waals surface area contributed by atoms with Gasteiger partial charge < -0.3 is 15.0 Å². The second kappa shape index (κ2) is 7.75. The number of thiocyanates is 1. The second-order valence-electron chi connectivity index (χ2n) is 7.00. The molecule has 2 unspecified atom stereocenters. The van der Waals surface area contributed by atoms with E-state index in [4.69, 9.17) is 10.00 Å². The zero-order chi connectivity index (χ0) is 17.7. The Kier molecular flexibility index (Phi) is 5.94. The van der Waals surface area contributed by atoms with Crippen LogP contribution in [0.2, 0.25) is 0 Å². The third-order valence-corrected chi connectivity index (χ3v) is 4.55. The zero-order valence-corrected chi connectivity index (χ0v) is 15.4. The normalized spacial score (nSPS) is 21.0. The summed E-state index contributed by atoms with van der Waals surface area (Å²) < 4.78 is 5.37. The lowest BCUT2D eigenvalue weighted by molar-refractivity contribution is 0.0483. The largest absolute Gasteiger partial charge is 0.444 e. The minimum atomic E-state index is -0.511. The fourth-order valence-electron chi connectivity index (χ4n) is 2.70. The summed E-state index contributed by atoms with van der Waals surface area (Å²) in [6, 6.07) is 1.92. The highest BCUT2D eigenvalue weighted by molar-refractivity contribution is 8.03. The molecule has 130 valence electrons. The minimum Gasteiger partial charge on any atom is -0.444 e. The average Bonchev–Trinajstić information content (AvgIpc) is 2.49. The molecule has 2 atom stereocenters. The Labute approximate surface area is 147 Å². The molecule has 6 nitrogen and oxygen atoms in total. The van der Waals surface area contributed by atoms with Gasteiger partial charge in [-0.15, -0.1) is 0 Å². The van der Waals surface area contributed by atoms with Crippen molar-refractivity contribution in [2.75, 3.05) is 18.0 Å². The first kappa shape index (κ1) is 18.4. The fraction of sp³-hybridized carbons (Fsp3) is 0.588. The van der Waals surface area contributed by atoms with E-state index in [0.717, 1.165) is 35.3 Å². The van der Waals surface area contributed by atoms with E-state index in [1.54, 1.807) is 12.4 Å². The molecule has 1 saturated heterocycles. The lowest BCUT2D eigenvalue weighted by Gasteiger charge is -2.39. The number of alkyl carbamates (subject to hydrolysis) is 1. The molecular formula is C17H24N4O2S. The van der Waals surface area contributed by atoms with Crippen LogP contribution in [-0.4, -0.2) is 35.8 Å². The van der Waals surface area contributed by atoms with Crippen molar-refractivity contribution in [2.45, 2.75) is 50.7 Å². The Hall–Kier alpha value is -1.94. The van der Waals surface area contributed by atoms with Crippen LogP contribution < -0.4 is 10.2 Å². The molecule has 0 aromatic carbocycles. The number of carbonyl (C=O) groups is 1. The van der Waals surface area contributed by atoms with Crippen molar-refractivity contribution in [3.8, 4) is 5.40 Å². The van der Waals surface area contributed by atoms with Crippen LogP contribution in [0.5, 0.6) is 0 Å². The molecule has 0 radical (unpaired) electrons. The van der Waals surface area contributed by atoms with Crippen molar-refractivity contribution < 1.29 is 9.53 Å². The van der Waals surface area contributed by atoms with Crippen LogP contribution in [0.4, 0.5) is 10.5 Å². The number of nitriles is 1. The molecular weight excluding hydrogens is 324 g/mol. The van der Waals surface area contributed by atoms with Gasteiger partial charge in [-0.1, -0.05) is 6.92 Å². The smallest absolute Gasteiger partial charge is 0.407 e. The predicted octanol–water partition coefficient (Wildman–Crippen LogP) is 3.39. The topological polar surface area (TPSA) is 78.3 Å². The summed E-state index contributed by atoms with van der Waals surface area (Å²) in [7, 11) is 0. The number of rotatable bonds is 3. The summed E-state index contributed by atoms with van der Waals surface area (Å²) in [6.45, 7) is 9.26. The Bertz CT molecular complexity index is 624. The van der Waals surface area contributed by atoms with E-state index in [2.05, 4.69) is 27.5 Å². The van der Waals surface area contributed by atoms with Gasteiger partial charge in [0.2, 0.25) is 0 Å². The Balaban J connectivity index is 2.08. The van der Waals surface area contributed by atoms with E-state index >= 15 is 0 Å². The molecule has 0 spiro atoms. The molecule has 1 aliphatic heterocycles. The van der Waals surface area contributed by atoms with E-state index < -0.39 is 5.60 Å². The van der Waals surface area contributed by atoms with E-state index in [1.165, 1.54) is 0 Å². The SMILES string of the molecule is CC1CCN(c2ccncc2SC#N)CC1NC(=O)OC(C)(C)C. The first-order chi connectivity index (χ1) is 11.3. The van der Waals surface area contributed by atoms with Crippen LogP contribution in [0.25, 0.3) is 0 Å². The highest BCUT2D eigenvalue weighted by Gasteiger charge is 2.30. The van der Waals surface area contributed by atoms with Crippen molar-refractivity contribution in [1.82, 2.24) is 10.3 Å². The average molecular weight is 348 g/mol. The number of nitrogens with zero attached hydrogens (tertiary/aromatic N) is 3. The number of hydrogen-bond donors (Lipinski definition) is 1.